The fourth-order valence-corrected chi connectivity index (χ4v) is 6.06. The fourth-order valence-electron chi connectivity index (χ4n) is 2.33. The Kier molecular flexibility index (Phi) is 5.12. The number of nitrogen functional groups attached to an aromatic ring is 1. The third kappa shape index (κ3) is 3.73. The van der Waals surface area contributed by atoms with Crippen LogP contribution in [-0.4, -0.2) is 40.0 Å². The van der Waals surface area contributed by atoms with E-state index in [4.69, 9.17) is 5.73 Å². The minimum absolute atomic E-state index is 0.193. The topological polar surface area (TPSA) is 75.4 Å². The molecule has 1 aliphatic heterocycles. The second kappa shape index (κ2) is 6.31. The van der Waals surface area contributed by atoms with Crippen LogP contribution in [0.2, 0.25) is 0 Å². The lowest BCUT2D eigenvalue weighted by Gasteiger charge is -2.14. The van der Waals surface area contributed by atoms with Gasteiger partial charge in [0.05, 0.1) is 0 Å². The molecule has 0 aliphatic carbocycles. The molecular formula is C12H17Br2N3O2S. The number of likely N-dealkylation sites (tertiary alicyclic amines) is 1. The zero-order valence-electron chi connectivity index (χ0n) is 11.1. The van der Waals surface area contributed by atoms with E-state index in [1.807, 2.05) is 7.05 Å². The van der Waals surface area contributed by atoms with Crippen LogP contribution >= 0.6 is 31.9 Å². The van der Waals surface area contributed by atoms with Crippen molar-refractivity contribution in [2.45, 2.75) is 11.3 Å². The van der Waals surface area contributed by atoms with Gasteiger partial charge in [-0.1, -0.05) is 0 Å². The molecule has 1 aromatic rings. The summed E-state index contributed by atoms with van der Waals surface area (Å²) in [5.41, 5.74) is 6.18. The number of nitrogens with two attached hydrogens (primary N) is 1. The standard InChI is InChI=1S/C12H17Br2N3O2S/c1-17-3-2-8(7-17)6-16-20(18,19)12-10(13)4-9(15)5-11(12)14/h4-5,8,16H,2-3,6-7,15H2,1H3. The zero-order valence-corrected chi connectivity index (χ0v) is 15.1. The molecule has 112 valence electrons. The molecular weight excluding hydrogens is 410 g/mol. The Morgan fingerprint density at radius 1 is 1.40 bits per heavy atom. The van der Waals surface area contributed by atoms with Gasteiger partial charge in [-0.3, -0.25) is 0 Å². The van der Waals surface area contributed by atoms with Gasteiger partial charge in [-0.25, -0.2) is 13.1 Å². The van der Waals surface area contributed by atoms with Crippen molar-refractivity contribution < 1.29 is 8.42 Å². The number of sulfonamides is 1. The van der Waals surface area contributed by atoms with Crippen molar-refractivity contribution in [1.82, 2.24) is 9.62 Å². The van der Waals surface area contributed by atoms with Gasteiger partial charge in [0.15, 0.2) is 0 Å². The Morgan fingerprint density at radius 2 is 2.00 bits per heavy atom. The molecule has 0 spiro atoms. The highest BCUT2D eigenvalue weighted by molar-refractivity contribution is 9.11. The zero-order chi connectivity index (χ0) is 14.9. The van der Waals surface area contributed by atoms with E-state index in [1.165, 1.54) is 0 Å². The molecule has 0 saturated carbocycles. The molecule has 1 saturated heterocycles. The SMILES string of the molecule is CN1CCC(CNS(=O)(=O)c2c(Br)cc(N)cc2Br)C1. The average molecular weight is 427 g/mol. The molecule has 2 rings (SSSR count). The van der Waals surface area contributed by atoms with Gasteiger partial charge < -0.3 is 10.6 Å². The predicted octanol–water partition coefficient (Wildman–Crippen LogP) is 2.02. The van der Waals surface area contributed by atoms with Crippen molar-refractivity contribution in [3.05, 3.63) is 21.1 Å². The van der Waals surface area contributed by atoms with Gasteiger partial charge in [0.1, 0.15) is 4.90 Å². The van der Waals surface area contributed by atoms with E-state index >= 15 is 0 Å². The maximum Gasteiger partial charge on any atom is 0.242 e. The van der Waals surface area contributed by atoms with E-state index in [1.54, 1.807) is 12.1 Å². The van der Waals surface area contributed by atoms with Crippen molar-refractivity contribution >= 4 is 47.6 Å². The summed E-state index contributed by atoms with van der Waals surface area (Å²) in [7, 11) is -1.52. The van der Waals surface area contributed by atoms with E-state index in [-0.39, 0.29) is 4.90 Å². The van der Waals surface area contributed by atoms with Crippen LogP contribution in [-0.2, 0) is 10.0 Å². The number of nitrogens with one attached hydrogen (secondary N) is 1. The summed E-state index contributed by atoms with van der Waals surface area (Å²) in [6.07, 6.45) is 1.02. The van der Waals surface area contributed by atoms with Crippen LogP contribution in [0.25, 0.3) is 0 Å². The number of anilines is 1. The van der Waals surface area contributed by atoms with Crippen LogP contribution in [0.3, 0.4) is 0 Å². The van der Waals surface area contributed by atoms with Gasteiger partial charge in [0.25, 0.3) is 0 Å². The van der Waals surface area contributed by atoms with E-state index < -0.39 is 10.0 Å². The molecule has 20 heavy (non-hydrogen) atoms. The number of hydrogen-bond acceptors (Lipinski definition) is 4. The molecule has 1 aliphatic rings. The van der Waals surface area contributed by atoms with Crippen LogP contribution in [0.5, 0.6) is 0 Å². The lowest BCUT2D eigenvalue weighted by atomic mass is 10.1. The monoisotopic (exact) mass is 425 g/mol. The van der Waals surface area contributed by atoms with Gasteiger partial charge >= 0.3 is 0 Å². The molecule has 1 atom stereocenters. The molecule has 0 aromatic heterocycles. The van der Waals surface area contributed by atoms with Crippen molar-refractivity contribution in [3.63, 3.8) is 0 Å². The second-order valence-corrected chi connectivity index (χ2v) is 8.49. The molecule has 0 bridgehead atoms. The number of rotatable bonds is 4. The molecule has 8 heteroatoms. The first-order valence-electron chi connectivity index (χ1n) is 6.22. The summed E-state index contributed by atoms with van der Waals surface area (Å²) in [4.78, 5) is 2.40. The molecule has 3 N–H and O–H groups in total. The highest BCUT2D eigenvalue weighted by Gasteiger charge is 2.25. The van der Waals surface area contributed by atoms with Crippen molar-refractivity contribution in [2.75, 3.05) is 32.4 Å². The summed E-state index contributed by atoms with van der Waals surface area (Å²) in [5, 5.41) is 0. The number of nitrogens with zero attached hydrogens (tertiary/aromatic N) is 1. The molecule has 1 aromatic carbocycles. The maximum absolute atomic E-state index is 12.4. The molecule has 0 radical (unpaired) electrons. The first-order valence-corrected chi connectivity index (χ1v) is 9.29. The Labute approximate surface area is 136 Å². The minimum atomic E-state index is -3.56. The van der Waals surface area contributed by atoms with Crippen LogP contribution in [0.1, 0.15) is 6.42 Å². The Hall–Kier alpha value is -0.150. The van der Waals surface area contributed by atoms with Crippen molar-refractivity contribution in [2.24, 2.45) is 5.92 Å². The molecule has 1 heterocycles. The quantitative estimate of drug-likeness (QED) is 0.722. The fraction of sp³-hybridized carbons (Fsp3) is 0.500. The summed E-state index contributed by atoms with van der Waals surface area (Å²) >= 11 is 6.52. The average Bonchev–Trinajstić information content (AvgIpc) is 2.71. The van der Waals surface area contributed by atoms with E-state index in [0.717, 1.165) is 19.5 Å². The van der Waals surface area contributed by atoms with Crippen molar-refractivity contribution in [1.29, 1.82) is 0 Å². The van der Waals surface area contributed by atoms with E-state index in [2.05, 4.69) is 41.5 Å². The van der Waals surface area contributed by atoms with E-state index in [9.17, 15) is 8.42 Å². The highest BCUT2D eigenvalue weighted by Crippen LogP contribution is 2.32. The molecule has 0 amide bonds. The maximum atomic E-state index is 12.4. The minimum Gasteiger partial charge on any atom is -0.399 e. The first kappa shape index (κ1) is 16.2. The lowest BCUT2D eigenvalue weighted by molar-refractivity contribution is 0.394. The van der Waals surface area contributed by atoms with E-state index in [0.29, 0.717) is 27.1 Å². The van der Waals surface area contributed by atoms with Gasteiger partial charge in [0, 0.05) is 27.7 Å². The van der Waals surface area contributed by atoms with Gasteiger partial charge in [-0.2, -0.15) is 0 Å². The smallest absolute Gasteiger partial charge is 0.242 e. The summed E-state index contributed by atoms with van der Waals surface area (Å²) in [5.74, 6) is 0.362. The van der Waals surface area contributed by atoms with Gasteiger partial charge in [0.2, 0.25) is 10.0 Å². The number of benzene rings is 1. The van der Waals surface area contributed by atoms with Crippen LogP contribution < -0.4 is 10.5 Å². The predicted molar refractivity (Wildman–Crippen MR) is 87.0 cm³/mol. The van der Waals surface area contributed by atoms with Crippen LogP contribution in [0.4, 0.5) is 5.69 Å². The largest absolute Gasteiger partial charge is 0.399 e. The normalized spacial score (nSPS) is 20.4. The second-order valence-electron chi connectivity index (χ2n) is 5.08. The molecule has 5 nitrogen and oxygen atoms in total. The molecule has 1 fully saturated rings. The van der Waals surface area contributed by atoms with Crippen LogP contribution in [0.15, 0.2) is 26.0 Å². The Balaban J connectivity index is 2.15. The third-order valence-electron chi connectivity index (χ3n) is 3.34. The highest BCUT2D eigenvalue weighted by atomic mass is 79.9. The third-order valence-corrected chi connectivity index (χ3v) is 6.64. The summed E-state index contributed by atoms with van der Waals surface area (Å²) in [6, 6.07) is 3.17. The number of halogens is 2. The van der Waals surface area contributed by atoms with Crippen LogP contribution in [0, 0.1) is 5.92 Å². The Bertz CT molecular complexity index is 584. The van der Waals surface area contributed by atoms with Gasteiger partial charge in [-0.05, 0) is 69.9 Å². The summed E-state index contributed by atoms with van der Waals surface area (Å²) in [6.45, 7) is 2.39. The lowest BCUT2D eigenvalue weighted by Crippen LogP contribution is -2.31. The van der Waals surface area contributed by atoms with Crippen molar-refractivity contribution in [3.8, 4) is 0 Å². The number of hydrogen-bond donors (Lipinski definition) is 2. The van der Waals surface area contributed by atoms with Gasteiger partial charge in [-0.15, -0.1) is 0 Å². The first-order chi connectivity index (χ1) is 9.29. The Morgan fingerprint density at radius 3 is 2.50 bits per heavy atom. The molecule has 1 unspecified atom stereocenters. The summed E-state index contributed by atoms with van der Waals surface area (Å²) < 4.78 is 28.4.